The average molecular weight is 392 g/mol. The Kier molecular flexibility index (Phi) is 6.89. The quantitative estimate of drug-likeness (QED) is 0.733. The highest BCUT2D eigenvalue weighted by Gasteiger charge is 2.23. The molecule has 5 nitrogen and oxygen atoms in total. The molecule has 0 radical (unpaired) electrons. The molecule has 1 atom stereocenters. The number of nitrogens with one attached hydrogen (secondary N) is 1. The molecule has 0 amide bonds. The fourth-order valence-electron chi connectivity index (χ4n) is 2.89. The van der Waals surface area contributed by atoms with E-state index in [1.165, 1.54) is 0 Å². The smallest absolute Gasteiger partial charge is 0.241 e. The summed E-state index contributed by atoms with van der Waals surface area (Å²) in [4.78, 5) is 0.273. The van der Waals surface area contributed by atoms with Crippen molar-refractivity contribution in [1.82, 2.24) is 4.72 Å². The lowest BCUT2D eigenvalue weighted by atomic mass is 10.0. The van der Waals surface area contributed by atoms with Gasteiger partial charge in [0.2, 0.25) is 10.0 Å². The fraction of sp³-hybridized carbons (Fsp3) is 0.429. The van der Waals surface area contributed by atoms with Crippen LogP contribution in [0.1, 0.15) is 43.4 Å². The van der Waals surface area contributed by atoms with Gasteiger partial charge in [-0.1, -0.05) is 32.0 Å². The Morgan fingerprint density at radius 3 is 2.26 bits per heavy atom. The number of ether oxygens (including phenoxy) is 2. The first kappa shape index (κ1) is 21.3. The first-order chi connectivity index (χ1) is 12.7. The predicted molar refractivity (Wildman–Crippen MR) is 108 cm³/mol. The standard InChI is InChI=1S/C21H29NO4S/c1-14(2)18-12-21(16(4)11-20(18)25-6)27(23,24)22-17(5)13-26-19-10-8-7-9-15(19)3/h7-12,14,17,22H,13H2,1-6H3. The van der Waals surface area contributed by atoms with Crippen molar-refractivity contribution in [1.29, 1.82) is 0 Å². The van der Waals surface area contributed by atoms with E-state index in [0.29, 0.717) is 11.3 Å². The third-order valence-corrected chi connectivity index (χ3v) is 6.11. The average Bonchev–Trinajstić information content (AvgIpc) is 2.59. The molecule has 1 unspecified atom stereocenters. The minimum absolute atomic E-state index is 0.149. The van der Waals surface area contributed by atoms with Crippen molar-refractivity contribution in [3.8, 4) is 11.5 Å². The van der Waals surface area contributed by atoms with Gasteiger partial charge in [-0.25, -0.2) is 13.1 Å². The van der Waals surface area contributed by atoms with Crippen LogP contribution in [0.15, 0.2) is 41.3 Å². The van der Waals surface area contributed by atoms with Gasteiger partial charge < -0.3 is 9.47 Å². The van der Waals surface area contributed by atoms with Crippen LogP contribution >= 0.6 is 0 Å². The second kappa shape index (κ2) is 8.76. The molecular formula is C21H29NO4S. The molecule has 0 spiro atoms. The van der Waals surface area contributed by atoms with Gasteiger partial charge in [0.1, 0.15) is 18.1 Å². The van der Waals surface area contributed by atoms with Crippen molar-refractivity contribution in [3.05, 3.63) is 53.1 Å². The molecule has 2 aromatic rings. The van der Waals surface area contributed by atoms with Crippen molar-refractivity contribution < 1.29 is 17.9 Å². The van der Waals surface area contributed by atoms with Crippen LogP contribution in [0, 0.1) is 13.8 Å². The van der Waals surface area contributed by atoms with Crippen molar-refractivity contribution in [3.63, 3.8) is 0 Å². The second-order valence-electron chi connectivity index (χ2n) is 7.11. The van der Waals surface area contributed by atoms with Gasteiger partial charge in [-0.05, 0) is 61.6 Å². The number of hydrogen-bond donors (Lipinski definition) is 1. The lowest BCUT2D eigenvalue weighted by molar-refractivity contribution is 0.285. The second-order valence-corrected chi connectivity index (χ2v) is 8.80. The van der Waals surface area contributed by atoms with Crippen LogP contribution in [-0.4, -0.2) is 28.2 Å². The lowest BCUT2D eigenvalue weighted by Gasteiger charge is -2.19. The molecule has 0 fully saturated rings. The van der Waals surface area contributed by atoms with E-state index in [1.54, 1.807) is 33.1 Å². The molecule has 0 aliphatic rings. The van der Waals surface area contributed by atoms with Crippen LogP contribution in [0.3, 0.4) is 0 Å². The van der Waals surface area contributed by atoms with E-state index < -0.39 is 10.0 Å². The predicted octanol–water partition coefficient (Wildman–Crippen LogP) is 4.18. The molecular weight excluding hydrogens is 362 g/mol. The van der Waals surface area contributed by atoms with Crippen molar-refractivity contribution in [2.24, 2.45) is 0 Å². The number of para-hydroxylation sites is 1. The van der Waals surface area contributed by atoms with Gasteiger partial charge in [-0.2, -0.15) is 0 Å². The number of aryl methyl sites for hydroxylation is 2. The van der Waals surface area contributed by atoms with Gasteiger partial charge in [-0.3, -0.25) is 0 Å². The highest BCUT2D eigenvalue weighted by Crippen LogP contribution is 2.31. The SMILES string of the molecule is COc1cc(C)c(S(=O)(=O)NC(C)COc2ccccc2C)cc1C(C)C. The van der Waals surface area contributed by atoms with Crippen LogP contribution < -0.4 is 14.2 Å². The molecule has 0 aliphatic heterocycles. The molecule has 148 valence electrons. The Balaban J connectivity index is 2.18. The fourth-order valence-corrected chi connectivity index (χ4v) is 4.38. The monoisotopic (exact) mass is 391 g/mol. The number of hydrogen-bond acceptors (Lipinski definition) is 4. The van der Waals surface area contributed by atoms with E-state index in [0.717, 1.165) is 16.9 Å². The summed E-state index contributed by atoms with van der Waals surface area (Å²) in [5, 5.41) is 0. The molecule has 1 N–H and O–H groups in total. The van der Waals surface area contributed by atoms with Gasteiger partial charge in [0.15, 0.2) is 0 Å². The van der Waals surface area contributed by atoms with E-state index in [2.05, 4.69) is 4.72 Å². The summed E-state index contributed by atoms with van der Waals surface area (Å²) in [5.74, 6) is 1.61. The van der Waals surface area contributed by atoms with E-state index in [9.17, 15) is 8.42 Å². The highest BCUT2D eigenvalue weighted by molar-refractivity contribution is 7.89. The molecule has 0 bridgehead atoms. The van der Waals surface area contributed by atoms with Crippen LogP contribution in [-0.2, 0) is 10.0 Å². The van der Waals surface area contributed by atoms with Gasteiger partial charge in [-0.15, -0.1) is 0 Å². The lowest BCUT2D eigenvalue weighted by Crippen LogP contribution is -2.37. The van der Waals surface area contributed by atoms with Gasteiger partial charge in [0.05, 0.1) is 18.0 Å². The molecule has 0 saturated heterocycles. The Hall–Kier alpha value is -2.05. The molecule has 6 heteroatoms. The first-order valence-electron chi connectivity index (χ1n) is 9.05. The van der Waals surface area contributed by atoms with Gasteiger partial charge in [0, 0.05) is 0 Å². The first-order valence-corrected chi connectivity index (χ1v) is 10.5. The summed E-state index contributed by atoms with van der Waals surface area (Å²) in [6.45, 7) is 9.79. The minimum Gasteiger partial charge on any atom is -0.496 e. The Morgan fingerprint density at radius 1 is 1.00 bits per heavy atom. The maximum absolute atomic E-state index is 12.9. The molecule has 0 heterocycles. The maximum atomic E-state index is 12.9. The zero-order chi connectivity index (χ0) is 20.2. The Bertz CT molecular complexity index is 891. The third-order valence-electron chi connectivity index (χ3n) is 4.38. The van der Waals surface area contributed by atoms with Crippen molar-refractivity contribution in [2.75, 3.05) is 13.7 Å². The van der Waals surface area contributed by atoms with Gasteiger partial charge >= 0.3 is 0 Å². The maximum Gasteiger partial charge on any atom is 0.241 e. The molecule has 0 aromatic heterocycles. The van der Waals surface area contributed by atoms with Crippen molar-refractivity contribution >= 4 is 10.0 Å². The summed E-state index contributed by atoms with van der Waals surface area (Å²) in [6, 6.07) is 10.8. The summed E-state index contributed by atoms with van der Waals surface area (Å²) < 4.78 is 39.7. The zero-order valence-corrected chi connectivity index (χ0v) is 17.7. The molecule has 0 aliphatic carbocycles. The van der Waals surface area contributed by atoms with E-state index >= 15 is 0 Å². The number of sulfonamides is 1. The summed E-state index contributed by atoms with van der Waals surface area (Å²) in [6.07, 6.45) is 0. The van der Waals surface area contributed by atoms with E-state index in [-0.39, 0.29) is 23.5 Å². The highest BCUT2D eigenvalue weighted by atomic mass is 32.2. The largest absolute Gasteiger partial charge is 0.496 e. The van der Waals surface area contributed by atoms with Crippen LogP contribution in [0.5, 0.6) is 11.5 Å². The minimum atomic E-state index is -3.67. The van der Waals surface area contributed by atoms with Crippen LogP contribution in [0.2, 0.25) is 0 Å². The van der Waals surface area contributed by atoms with Crippen LogP contribution in [0.25, 0.3) is 0 Å². The summed E-state index contributed by atoms with van der Waals surface area (Å²) >= 11 is 0. The summed E-state index contributed by atoms with van der Waals surface area (Å²) in [5.41, 5.74) is 2.53. The number of rotatable bonds is 8. The normalized spacial score (nSPS) is 12.9. The van der Waals surface area contributed by atoms with E-state index in [1.807, 2.05) is 45.0 Å². The number of methoxy groups -OCH3 is 1. The molecule has 2 rings (SSSR count). The van der Waals surface area contributed by atoms with E-state index in [4.69, 9.17) is 9.47 Å². The molecule has 0 saturated carbocycles. The van der Waals surface area contributed by atoms with Crippen LogP contribution in [0.4, 0.5) is 0 Å². The molecule has 2 aromatic carbocycles. The summed E-state index contributed by atoms with van der Waals surface area (Å²) in [7, 11) is -2.08. The topological polar surface area (TPSA) is 64.6 Å². The van der Waals surface area contributed by atoms with Gasteiger partial charge in [0.25, 0.3) is 0 Å². The third kappa shape index (κ3) is 5.23. The molecule has 27 heavy (non-hydrogen) atoms. The van der Waals surface area contributed by atoms with Crippen molar-refractivity contribution in [2.45, 2.75) is 51.5 Å². The zero-order valence-electron chi connectivity index (χ0n) is 16.9. The number of benzene rings is 2. The Labute approximate surface area is 162 Å². The Morgan fingerprint density at radius 2 is 1.67 bits per heavy atom.